The van der Waals surface area contributed by atoms with Gasteiger partial charge in [0.2, 0.25) is 0 Å². The lowest BCUT2D eigenvalue weighted by atomic mass is 10.1. The van der Waals surface area contributed by atoms with Gasteiger partial charge in [-0.2, -0.15) is 0 Å². The number of pyridine rings is 1. The van der Waals surface area contributed by atoms with Crippen LogP contribution in [0.5, 0.6) is 5.75 Å². The highest BCUT2D eigenvalue weighted by molar-refractivity contribution is 7.18. The van der Waals surface area contributed by atoms with Crippen molar-refractivity contribution in [2.45, 2.75) is 6.92 Å². The van der Waals surface area contributed by atoms with Crippen molar-refractivity contribution in [3.05, 3.63) is 84.0 Å². The fourth-order valence-electron chi connectivity index (χ4n) is 2.87. The molecular formula is C23H20N4O2S. The van der Waals surface area contributed by atoms with Crippen LogP contribution in [0, 0.1) is 0 Å². The van der Waals surface area contributed by atoms with Crippen molar-refractivity contribution in [3.63, 3.8) is 0 Å². The number of anilines is 3. The molecule has 0 fully saturated rings. The highest BCUT2D eigenvalue weighted by Gasteiger charge is 2.20. The van der Waals surface area contributed by atoms with Crippen LogP contribution in [0.25, 0.3) is 11.3 Å². The van der Waals surface area contributed by atoms with E-state index in [4.69, 9.17) is 9.72 Å². The Morgan fingerprint density at radius 1 is 1.00 bits per heavy atom. The monoisotopic (exact) mass is 416 g/mol. The van der Waals surface area contributed by atoms with Gasteiger partial charge in [0.1, 0.15) is 10.6 Å². The Bertz CT molecular complexity index is 1110. The summed E-state index contributed by atoms with van der Waals surface area (Å²) in [4.78, 5) is 22.2. The van der Waals surface area contributed by atoms with Crippen molar-refractivity contribution in [3.8, 4) is 17.0 Å². The van der Waals surface area contributed by atoms with Gasteiger partial charge in [0.25, 0.3) is 5.91 Å². The Hall–Kier alpha value is -3.71. The average molecular weight is 417 g/mol. The summed E-state index contributed by atoms with van der Waals surface area (Å²) in [6, 6.07) is 20.9. The minimum Gasteiger partial charge on any atom is -0.494 e. The maximum Gasteiger partial charge on any atom is 0.268 e. The number of ether oxygens (including phenoxy) is 1. The van der Waals surface area contributed by atoms with Crippen molar-refractivity contribution in [2.75, 3.05) is 17.2 Å². The van der Waals surface area contributed by atoms with Crippen LogP contribution in [0.1, 0.15) is 16.6 Å². The Kier molecular flexibility index (Phi) is 6.01. The van der Waals surface area contributed by atoms with E-state index in [2.05, 4.69) is 15.6 Å². The van der Waals surface area contributed by atoms with E-state index in [0.29, 0.717) is 28.0 Å². The summed E-state index contributed by atoms with van der Waals surface area (Å²) < 4.78 is 5.48. The zero-order valence-electron chi connectivity index (χ0n) is 16.3. The lowest BCUT2D eigenvalue weighted by Crippen LogP contribution is -2.11. The van der Waals surface area contributed by atoms with Crippen LogP contribution >= 0.6 is 11.3 Å². The Morgan fingerprint density at radius 2 is 1.80 bits per heavy atom. The van der Waals surface area contributed by atoms with Crippen LogP contribution in [0.3, 0.4) is 0 Å². The number of hydrogen-bond donors (Lipinski definition) is 2. The molecule has 2 aromatic carbocycles. The molecule has 1 amide bonds. The van der Waals surface area contributed by atoms with Crippen molar-refractivity contribution in [2.24, 2.45) is 0 Å². The normalized spacial score (nSPS) is 10.4. The number of hydrogen-bond acceptors (Lipinski definition) is 6. The summed E-state index contributed by atoms with van der Waals surface area (Å²) in [6.07, 6.45) is 3.27. The first-order valence-electron chi connectivity index (χ1n) is 9.50. The third-order valence-corrected chi connectivity index (χ3v) is 5.19. The smallest absolute Gasteiger partial charge is 0.268 e. The van der Waals surface area contributed by atoms with E-state index in [1.165, 1.54) is 11.3 Å². The largest absolute Gasteiger partial charge is 0.494 e. The lowest BCUT2D eigenvalue weighted by molar-refractivity contribution is 0.103. The van der Waals surface area contributed by atoms with E-state index >= 15 is 0 Å². The lowest BCUT2D eigenvalue weighted by Gasteiger charge is -2.05. The molecule has 4 aromatic rings. The second-order valence-electron chi connectivity index (χ2n) is 6.34. The van der Waals surface area contributed by atoms with Crippen molar-refractivity contribution >= 4 is 33.8 Å². The van der Waals surface area contributed by atoms with Gasteiger partial charge >= 0.3 is 0 Å². The average Bonchev–Trinajstić information content (AvgIpc) is 3.21. The number of nitrogens with zero attached hydrogens (tertiary/aromatic N) is 2. The van der Waals surface area contributed by atoms with E-state index < -0.39 is 0 Å². The summed E-state index contributed by atoms with van der Waals surface area (Å²) in [6.45, 7) is 2.57. The van der Waals surface area contributed by atoms with Gasteiger partial charge in [0.15, 0.2) is 5.13 Å². The van der Waals surface area contributed by atoms with E-state index in [1.807, 2.05) is 61.5 Å². The fourth-order valence-corrected chi connectivity index (χ4v) is 3.77. The van der Waals surface area contributed by atoms with Crippen LogP contribution in [0.15, 0.2) is 79.1 Å². The van der Waals surface area contributed by atoms with Crippen molar-refractivity contribution in [1.29, 1.82) is 0 Å². The third kappa shape index (κ3) is 4.64. The molecule has 30 heavy (non-hydrogen) atoms. The van der Waals surface area contributed by atoms with Gasteiger partial charge in [-0.15, -0.1) is 0 Å². The van der Waals surface area contributed by atoms with Gasteiger partial charge in [0, 0.05) is 17.4 Å². The number of aromatic nitrogens is 2. The second kappa shape index (κ2) is 9.19. The Morgan fingerprint density at radius 3 is 2.50 bits per heavy atom. The second-order valence-corrected chi connectivity index (χ2v) is 7.34. The van der Waals surface area contributed by atoms with Crippen LogP contribution in [-0.4, -0.2) is 22.5 Å². The van der Waals surface area contributed by atoms with Crippen LogP contribution in [-0.2, 0) is 0 Å². The van der Waals surface area contributed by atoms with Crippen LogP contribution < -0.4 is 15.4 Å². The highest BCUT2D eigenvalue weighted by Crippen LogP contribution is 2.33. The molecule has 0 aliphatic rings. The molecule has 2 heterocycles. The van der Waals surface area contributed by atoms with Crippen molar-refractivity contribution in [1.82, 2.24) is 9.97 Å². The minimum atomic E-state index is -0.223. The van der Waals surface area contributed by atoms with E-state index in [-0.39, 0.29) is 5.91 Å². The third-order valence-electron chi connectivity index (χ3n) is 4.22. The SMILES string of the molecule is CCOc1ccc(Nc2nc(-c3ccccc3)c(C(=O)Nc3cccnc3)s2)cc1. The number of carbonyl (C=O) groups excluding carboxylic acids is 1. The Labute approximate surface area is 178 Å². The number of amides is 1. The first-order chi connectivity index (χ1) is 14.7. The number of carbonyl (C=O) groups is 1. The maximum atomic E-state index is 13.0. The molecule has 4 rings (SSSR count). The molecule has 2 N–H and O–H groups in total. The van der Waals surface area contributed by atoms with E-state index in [0.717, 1.165) is 17.0 Å². The molecule has 0 aliphatic heterocycles. The zero-order chi connectivity index (χ0) is 20.8. The molecule has 0 saturated carbocycles. The Balaban J connectivity index is 1.63. The highest BCUT2D eigenvalue weighted by atomic mass is 32.1. The first-order valence-corrected chi connectivity index (χ1v) is 10.3. The van der Waals surface area contributed by atoms with Crippen LogP contribution in [0.2, 0.25) is 0 Å². The molecule has 7 heteroatoms. The van der Waals surface area contributed by atoms with Gasteiger partial charge < -0.3 is 15.4 Å². The molecular weight excluding hydrogens is 396 g/mol. The molecule has 150 valence electrons. The van der Waals surface area contributed by atoms with Gasteiger partial charge in [-0.1, -0.05) is 41.7 Å². The summed E-state index contributed by atoms with van der Waals surface area (Å²) >= 11 is 1.31. The summed E-state index contributed by atoms with van der Waals surface area (Å²) in [7, 11) is 0. The fraction of sp³-hybridized carbons (Fsp3) is 0.0870. The molecule has 6 nitrogen and oxygen atoms in total. The minimum absolute atomic E-state index is 0.223. The summed E-state index contributed by atoms with van der Waals surface area (Å²) in [5, 5.41) is 6.81. The predicted molar refractivity (Wildman–Crippen MR) is 121 cm³/mol. The van der Waals surface area contributed by atoms with E-state index in [9.17, 15) is 4.79 Å². The topological polar surface area (TPSA) is 76.1 Å². The molecule has 0 unspecified atom stereocenters. The number of rotatable bonds is 7. The summed E-state index contributed by atoms with van der Waals surface area (Å²) in [5.74, 6) is 0.586. The molecule has 0 aliphatic carbocycles. The zero-order valence-corrected chi connectivity index (χ0v) is 17.1. The summed E-state index contributed by atoms with van der Waals surface area (Å²) in [5.41, 5.74) is 3.02. The number of nitrogens with one attached hydrogen (secondary N) is 2. The molecule has 0 spiro atoms. The molecule has 0 bridgehead atoms. The molecule has 0 atom stereocenters. The predicted octanol–water partition coefficient (Wildman–Crippen LogP) is 5.60. The molecule has 0 radical (unpaired) electrons. The van der Waals surface area contributed by atoms with Gasteiger partial charge in [0.05, 0.1) is 24.2 Å². The van der Waals surface area contributed by atoms with Crippen molar-refractivity contribution < 1.29 is 9.53 Å². The van der Waals surface area contributed by atoms with Gasteiger partial charge in [-0.3, -0.25) is 9.78 Å². The number of thiazole rings is 1. The van der Waals surface area contributed by atoms with E-state index in [1.54, 1.807) is 24.5 Å². The number of benzene rings is 2. The first kappa shape index (κ1) is 19.6. The van der Waals surface area contributed by atoms with Crippen LogP contribution in [0.4, 0.5) is 16.5 Å². The molecule has 0 saturated heterocycles. The van der Waals surface area contributed by atoms with Gasteiger partial charge in [-0.05, 0) is 43.3 Å². The molecule has 2 aromatic heterocycles. The van der Waals surface area contributed by atoms with Gasteiger partial charge in [-0.25, -0.2) is 4.98 Å². The standard InChI is InChI=1S/C23H20N4O2S/c1-2-29-19-12-10-17(11-13-19)26-23-27-20(16-7-4-3-5-8-16)21(30-23)22(28)25-18-9-6-14-24-15-18/h3-15H,2H2,1H3,(H,25,28)(H,26,27). The quantitative estimate of drug-likeness (QED) is 0.410. The maximum absolute atomic E-state index is 13.0.